The van der Waals surface area contributed by atoms with Crippen LogP contribution in [0.1, 0.15) is 20.8 Å². The summed E-state index contributed by atoms with van der Waals surface area (Å²) in [6.45, 7) is 8.79. The molecule has 0 bridgehead atoms. The average molecular weight is 195 g/mol. The number of nitrogens with one attached hydrogen (secondary N) is 1. The van der Waals surface area contributed by atoms with Crippen molar-refractivity contribution in [2.45, 2.75) is 20.8 Å². The first-order valence-electron chi connectivity index (χ1n) is 5.11. The molecule has 0 fully saturated rings. The Kier molecular flexibility index (Phi) is 7.95. The number of phenols is 1. The quantitative estimate of drug-likeness (QED) is 0.777. The van der Waals surface area contributed by atoms with E-state index < -0.39 is 0 Å². The van der Waals surface area contributed by atoms with Gasteiger partial charge in [0.1, 0.15) is 5.75 Å². The van der Waals surface area contributed by atoms with Crippen LogP contribution in [-0.4, -0.2) is 18.2 Å². The molecule has 14 heavy (non-hydrogen) atoms. The van der Waals surface area contributed by atoms with Gasteiger partial charge in [-0.1, -0.05) is 39.0 Å². The predicted octanol–water partition coefficient (Wildman–Crippen LogP) is 2.64. The number of aromatic hydroxyl groups is 1. The second-order valence-corrected chi connectivity index (χ2v) is 3.54. The minimum Gasteiger partial charge on any atom is -0.508 e. The van der Waals surface area contributed by atoms with Crippen molar-refractivity contribution < 1.29 is 5.11 Å². The van der Waals surface area contributed by atoms with Gasteiger partial charge in [0, 0.05) is 0 Å². The van der Waals surface area contributed by atoms with E-state index in [-0.39, 0.29) is 0 Å². The fourth-order valence-corrected chi connectivity index (χ4v) is 0.861. The Morgan fingerprint density at radius 2 is 1.79 bits per heavy atom. The Hall–Kier alpha value is -1.02. The largest absolute Gasteiger partial charge is 0.508 e. The summed E-state index contributed by atoms with van der Waals surface area (Å²) < 4.78 is 0. The first-order chi connectivity index (χ1) is 6.66. The van der Waals surface area contributed by atoms with Crippen LogP contribution in [0.2, 0.25) is 0 Å². The predicted molar refractivity (Wildman–Crippen MR) is 61.5 cm³/mol. The molecule has 0 radical (unpaired) electrons. The molecule has 2 N–H and O–H groups in total. The molecule has 2 heteroatoms. The molecular formula is C12H21NO. The number of rotatable bonds is 3. The van der Waals surface area contributed by atoms with Crippen molar-refractivity contribution in [3.8, 4) is 5.75 Å². The van der Waals surface area contributed by atoms with Gasteiger partial charge in [0.15, 0.2) is 0 Å². The molecule has 0 heterocycles. The summed E-state index contributed by atoms with van der Waals surface area (Å²) in [6.07, 6.45) is 0. The summed E-state index contributed by atoms with van der Waals surface area (Å²) in [5.41, 5.74) is 0. The second-order valence-electron chi connectivity index (χ2n) is 3.54. The molecule has 0 atom stereocenters. The third-order valence-corrected chi connectivity index (χ3v) is 1.56. The minimum absolute atomic E-state index is 0.322. The lowest BCUT2D eigenvalue weighted by Crippen LogP contribution is -2.18. The van der Waals surface area contributed by atoms with Crippen LogP contribution in [0.3, 0.4) is 0 Å². The molecule has 1 aromatic rings. The van der Waals surface area contributed by atoms with Gasteiger partial charge >= 0.3 is 0 Å². The number of hydrogen-bond donors (Lipinski definition) is 2. The molecule has 0 aromatic heterocycles. The molecule has 0 aliphatic heterocycles. The first-order valence-corrected chi connectivity index (χ1v) is 5.11. The van der Waals surface area contributed by atoms with E-state index in [4.69, 9.17) is 5.11 Å². The van der Waals surface area contributed by atoms with E-state index in [9.17, 15) is 0 Å². The van der Waals surface area contributed by atoms with Crippen LogP contribution < -0.4 is 5.32 Å². The lowest BCUT2D eigenvalue weighted by Gasteiger charge is -2.01. The van der Waals surface area contributed by atoms with Crippen LogP contribution in [-0.2, 0) is 0 Å². The van der Waals surface area contributed by atoms with Crippen LogP contribution in [0.15, 0.2) is 30.3 Å². The Morgan fingerprint density at radius 3 is 2.00 bits per heavy atom. The molecule has 0 aliphatic carbocycles. The second kappa shape index (κ2) is 8.57. The van der Waals surface area contributed by atoms with E-state index in [0.29, 0.717) is 5.75 Å². The van der Waals surface area contributed by atoms with Crippen molar-refractivity contribution in [3.05, 3.63) is 30.3 Å². The fraction of sp³-hybridized carbons (Fsp3) is 0.500. The highest BCUT2D eigenvalue weighted by atomic mass is 16.3. The van der Waals surface area contributed by atoms with Crippen molar-refractivity contribution >= 4 is 0 Å². The molecule has 0 aliphatic rings. The van der Waals surface area contributed by atoms with Gasteiger partial charge in [-0.3, -0.25) is 0 Å². The van der Waals surface area contributed by atoms with Crippen LogP contribution in [0, 0.1) is 5.92 Å². The van der Waals surface area contributed by atoms with Gasteiger partial charge in [-0.2, -0.15) is 0 Å². The van der Waals surface area contributed by atoms with E-state index in [2.05, 4.69) is 26.1 Å². The minimum atomic E-state index is 0.322. The van der Waals surface area contributed by atoms with Gasteiger partial charge in [0.25, 0.3) is 0 Å². The SMILES string of the molecule is CCNCC(C)C.Oc1ccccc1. The number of hydrogen-bond acceptors (Lipinski definition) is 2. The summed E-state index contributed by atoms with van der Waals surface area (Å²) in [4.78, 5) is 0. The maximum absolute atomic E-state index is 8.63. The molecule has 0 spiro atoms. The van der Waals surface area contributed by atoms with E-state index in [1.54, 1.807) is 24.3 Å². The summed E-state index contributed by atoms with van der Waals surface area (Å²) in [7, 11) is 0. The fourth-order valence-electron chi connectivity index (χ4n) is 0.861. The smallest absolute Gasteiger partial charge is 0.115 e. The highest BCUT2D eigenvalue weighted by molar-refractivity contribution is 5.18. The topological polar surface area (TPSA) is 32.3 Å². The molecule has 0 saturated carbocycles. The lowest BCUT2D eigenvalue weighted by molar-refractivity contribution is 0.475. The first kappa shape index (κ1) is 13.0. The number of para-hydroxylation sites is 1. The Labute approximate surface area is 87.0 Å². The molecule has 0 saturated heterocycles. The third-order valence-electron chi connectivity index (χ3n) is 1.56. The summed E-state index contributed by atoms with van der Waals surface area (Å²) in [6, 6.07) is 8.71. The summed E-state index contributed by atoms with van der Waals surface area (Å²) in [5.74, 6) is 1.11. The van der Waals surface area contributed by atoms with Crippen molar-refractivity contribution in [1.29, 1.82) is 0 Å². The van der Waals surface area contributed by atoms with Crippen LogP contribution in [0.25, 0.3) is 0 Å². The maximum Gasteiger partial charge on any atom is 0.115 e. The Morgan fingerprint density at radius 1 is 1.21 bits per heavy atom. The molecule has 2 nitrogen and oxygen atoms in total. The third kappa shape index (κ3) is 9.07. The highest BCUT2D eigenvalue weighted by Gasteiger charge is 1.87. The van der Waals surface area contributed by atoms with E-state index in [0.717, 1.165) is 19.0 Å². The van der Waals surface area contributed by atoms with E-state index in [1.807, 2.05) is 6.07 Å². The molecule has 1 rings (SSSR count). The van der Waals surface area contributed by atoms with Gasteiger partial charge < -0.3 is 10.4 Å². The van der Waals surface area contributed by atoms with Crippen molar-refractivity contribution in [2.24, 2.45) is 5.92 Å². The highest BCUT2D eigenvalue weighted by Crippen LogP contribution is 2.02. The lowest BCUT2D eigenvalue weighted by atomic mass is 10.2. The zero-order valence-electron chi connectivity index (χ0n) is 9.33. The van der Waals surface area contributed by atoms with Crippen molar-refractivity contribution in [3.63, 3.8) is 0 Å². The molecule has 0 amide bonds. The maximum atomic E-state index is 8.63. The van der Waals surface area contributed by atoms with Gasteiger partial charge in [-0.25, -0.2) is 0 Å². The summed E-state index contributed by atoms with van der Waals surface area (Å²) >= 11 is 0. The zero-order valence-corrected chi connectivity index (χ0v) is 9.33. The molecular weight excluding hydrogens is 174 g/mol. The van der Waals surface area contributed by atoms with Gasteiger partial charge in [-0.15, -0.1) is 0 Å². The van der Waals surface area contributed by atoms with Gasteiger partial charge in [0.2, 0.25) is 0 Å². The van der Waals surface area contributed by atoms with Crippen LogP contribution >= 0.6 is 0 Å². The normalized spacial score (nSPS) is 9.43. The number of benzene rings is 1. The average Bonchev–Trinajstić information content (AvgIpc) is 2.17. The molecule has 1 aromatic carbocycles. The Bertz CT molecular complexity index is 209. The standard InChI is InChI=1S/C6H15N.C6H6O/c1-4-7-5-6(2)3;7-6-4-2-1-3-5-6/h6-7H,4-5H2,1-3H3;1-5,7H. The van der Waals surface area contributed by atoms with Crippen LogP contribution in [0.5, 0.6) is 5.75 Å². The number of phenolic OH excluding ortho intramolecular Hbond substituents is 1. The Balaban J connectivity index is 0.000000241. The molecule has 80 valence electrons. The molecule has 0 unspecified atom stereocenters. The van der Waals surface area contributed by atoms with E-state index >= 15 is 0 Å². The van der Waals surface area contributed by atoms with Gasteiger partial charge in [-0.05, 0) is 31.1 Å². The van der Waals surface area contributed by atoms with E-state index in [1.165, 1.54) is 0 Å². The van der Waals surface area contributed by atoms with Crippen LogP contribution in [0.4, 0.5) is 0 Å². The monoisotopic (exact) mass is 195 g/mol. The van der Waals surface area contributed by atoms with Crippen molar-refractivity contribution in [1.82, 2.24) is 5.32 Å². The van der Waals surface area contributed by atoms with Gasteiger partial charge in [0.05, 0.1) is 0 Å². The summed E-state index contributed by atoms with van der Waals surface area (Å²) in [5, 5.41) is 11.9. The zero-order chi connectivity index (χ0) is 10.8. The van der Waals surface area contributed by atoms with Crippen molar-refractivity contribution in [2.75, 3.05) is 13.1 Å².